The fraction of sp³-hybridized carbons (Fsp3) is 0.273. The number of nitrogens with zero attached hydrogens (tertiary/aromatic N) is 3. The van der Waals surface area contributed by atoms with Crippen molar-refractivity contribution in [1.29, 1.82) is 0 Å². The molecule has 2 aromatic carbocycles. The summed E-state index contributed by atoms with van der Waals surface area (Å²) in [5, 5.41) is 5.09. The lowest BCUT2D eigenvalue weighted by Gasteiger charge is -2.11. The molecule has 0 saturated carbocycles. The van der Waals surface area contributed by atoms with Gasteiger partial charge < -0.3 is 9.47 Å². The summed E-state index contributed by atoms with van der Waals surface area (Å²) in [5.41, 5.74) is 6.59. The van der Waals surface area contributed by atoms with Crippen molar-refractivity contribution in [1.82, 2.24) is 9.66 Å². The number of rotatable bonds is 3. The maximum absolute atomic E-state index is 5.63. The van der Waals surface area contributed by atoms with Crippen LogP contribution in [0.3, 0.4) is 0 Å². The number of aromatic nitrogens is 2. The van der Waals surface area contributed by atoms with Gasteiger partial charge >= 0.3 is 0 Å². The Hall–Kier alpha value is -3.08. The van der Waals surface area contributed by atoms with Gasteiger partial charge in [0.1, 0.15) is 5.82 Å². The smallest absolute Gasteiger partial charge is 0.231 e. The van der Waals surface area contributed by atoms with Crippen LogP contribution in [0.5, 0.6) is 11.5 Å². The summed E-state index contributed by atoms with van der Waals surface area (Å²) < 4.78 is 13.3. The third-order valence-electron chi connectivity index (χ3n) is 5.22. The Morgan fingerprint density at radius 1 is 1.00 bits per heavy atom. The third-order valence-corrected chi connectivity index (χ3v) is 5.22. The third kappa shape index (κ3) is 2.53. The average molecular weight is 359 g/mol. The number of aryl methyl sites for hydroxylation is 1. The highest BCUT2D eigenvalue weighted by molar-refractivity contribution is 6.14. The molecule has 1 aromatic heterocycles. The number of fused-ring (bicyclic) bond motifs is 3. The highest BCUT2D eigenvalue weighted by atomic mass is 16.7. The van der Waals surface area contributed by atoms with Gasteiger partial charge in [-0.25, -0.2) is 9.66 Å². The second kappa shape index (κ2) is 6.27. The fourth-order valence-electron chi connectivity index (χ4n) is 3.90. The van der Waals surface area contributed by atoms with Crippen molar-refractivity contribution in [2.75, 3.05) is 6.79 Å². The minimum atomic E-state index is 0.268. The Bertz CT molecular complexity index is 1050. The van der Waals surface area contributed by atoms with Crippen LogP contribution in [-0.4, -0.2) is 22.2 Å². The van der Waals surface area contributed by atoms with E-state index >= 15 is 0 Å². The molecule has 5 rings (SSSR count). The van der Waals surface area contributed by atoms with E-state index in [-0.39, 0.29) is 6.79 Å². The minimum absolute atomic E-state index is 0.268. The van der Waals surface area contributed by atoms with Crippen molar-refractivity contribution in [3.63, 3.8) is 0 Å². The van der Waals surface area contributed by atoms with E-state index in [4.69, 9.17) is 19.6 Å². The maximum Gasteiger partial charge on any atom is 0.231 e. The summed E-state index contributed by atoms with van der Waals surface area (Å²) in [4.78, 5) is 4.90. The molecule has 0 N–H and O–H groups in total. The molecule has 0 radical (unpaired) electrons. The van der Waals surface area contributed by atoms with Crippen molar-refractivity contribution < 1.29 is 9.47 Å². The molecule has 136 valence electrons. The topological polar surface area (TPSA) is 48.6 Å². The normalized spacial score (nSPS) is 14.4. The van der Waals surface area contributed by atoms with Crippen LogP contribution in [0, 0.1) is 0 Å². The molecule has 0 atom stereocenters. The molecular weight excluding hydrogens is 338 g/mol. The quantitative estimate of drug-likeness (QED) is 0.557. The van der Waals surface area contributed by atoms with Crippen LogP contribution >= 0.6 is 0 Å². The van der Waals surface area contributed by atoms with E-state index in [9.17, 15) is 0 Å². The average Bonchev–Trinajstić information content (AvgIpc) is 3.25. The number of imidazole rings is 1. The van der Waals surface area contributed by atoms with Gasteiger partial charge in [0, 0.05) is 17.5 Å². The van der Waals surface area contributed by atoms with Gasteiger partial charge in [0.2, 0.25) is 6.79 Å². The van der Waals surface area contributed by atoms with Gasteiger partial charge in [0.15, 0.2) is 11.5 Å². The van der Waals surface area contributed by atoms with E-state index in [1.165, 1.54) is 5.69 Å². The number of benzene rings is 2. The van der Waals surface area contributed by atoms with Crippen LogP contribution in [0.4, 0.5) is 0 Å². The summed E-state index contributed by atoms with van der Waals surface area (Å²) in [7, 11) is 0. The summed E-state index contributed by atoms with van der Waals surface area (Å²) in [6.45, 7) is 4.58. The van der Waals surface area contributed by atoms with Gasteiger partial charge in [0.25, 0.3) is 0 Å². The fourth-order valence-corrected chi connectivity index (χ4v) is 3.90. The van der Waals surface area contributed by atoms with E-state index in [0.29, 0.717) is 0 Å². The Morgan fingerprint density at radius 3 is 2.52 bits per heavy atom. The van der Waals surface area contributed by atoms with Crippen molar-refractivity contribution in [2.24, 2.45) is 5.10 Å². The zero-order chi connectivity index (χ0) is 18.4. The summed E-state index contributed by atoms with van der Waals surface area (Å²) in [6.07, 6.45) is 2.53. The van der Waals surface area contributed by atoms with Gasteiger partial charge in [-0.05, 0) is 30.5 Å². The van der Waals surface area contributed by atoms with E-state index in [0.717, 1.165) is 64.7 Å². The van der Waals surface area contributed by atoms with E-state index in [2.05, 4.69) is 38.1 Å². The second-order valence-corrected chi connectivity index (χ2v) is 6.79. The lowest BCUT2D eigenvalue weighted by Crippen LogP contribution is -2.08. The molecule has 0 spiro atoms. The van der Waals surface area contributed by atoms with Crippen LogP contribution in [0.25, 0.3) is 0 Å². The summed E-state index contributed by atoms with van der Waals surface area (Å²) >= 11 is 0. The maximum atomic E-state index is 5.63. The molecule has 2 aliphatic heterocycles. The predicted molar refractivity (Wildman–Crippen MR) is 104 cm³/mol. The van der Waals surface area contributed by atoms with Gasteiger partial charge in [-0.1, -0.05) is 44.2 Å². The van der Waals surface area contributed by atoms with Crippen molar-refractivity contribution in [3.05, 3.63) is 76.4 Å². The predicted octanol–water partition coefficient (Wildman–Crippen LogP) is 3.94. The lowest BCUT2D eigenvalue weighted by molar-refractivity contribution is 0.174. The Labute approximate surface area is 158 Å². The molecule has 0 saturated heterocycles. The van der Waals surface area contributed by atoms with E-state index in [1.807, 2.05) is 22.9 Å². The highest BCUT2D eigenvalue weighted by Crippen LogP contribution is 2.37. The van der Waals surface area contributed by atoms with Gasteiger partial charge in [-0.3, -0.25) is 0 Å². The zero-order valence-electron chi connectivity index (χ0n) is 15.5. The summed E-state index contributed by atoms with van der Waals surface area (Å²) in [6, 6.07) is 14.4. The molecule has 5 heteroatoms. The number of hydrogen-bond donors (Lipinski definition) is 0. The van der Waals surface area contributed by atoms with Gasteiger partial charge in [0.05, 0.1) is 17.1 Å². The van der Waals surface area contributed by atoms with Crippen LogP contribution in [0.2, 0.25) is 0 Å². The first kappa shape index (κ1) is 16.1. The second-order valence-electron chi connectivity index (χ2n) is 6.79. The van der Waals surface area contributed by atoms with Crippen LogP contribution in [0.15, 0.2) is 47.6 Å². The molecule has 0 unspecified atom stereocenters. The van der Waals surface area contributed by atoms with Crippen LogP contribution < -0.4 is 9.47 Å². The first-order valence-electron chi connectivity index (χ1n) is 9.45. The molecule has 0 bridgehead atoms. The van der Waals surface area contributed by atoms with Gasteiger partial charge in [-0.15, -0.1) is 0 Å². The Balaban J connectivity index is 1.79. The first-order chi connectivity index (χ1) is 13.3. The Morgan fingerprint density at radius 2 is 1.78 bits per heavy atom. The van der Waals surface area contributed by atoms with Crippen molar-refractivity contribution in [3.8, 4) is 11.5 Å². The SMILES string of the molecule is CCc1nc2n(c1CC)N=C(c1ccccc1)c1cc3c(cc1C2)OCO3. The molecule has 2 aliphatic rings. The minimum Gasteiger partial charge on any atom is -0.454 e. The van der Waals surface area contributed by atoms with Gasteiger partial charge in [-0.2, -0.15) is 5.10 Å². The largest absolute Gasteiger partial charge is 0.454 e. The molecule has 3 heterocycles. The summed E-state index contributed by atoms with van der Waals surface area (Å²) in [5.74, 6) is 2.56. The molecule has 0 aliphatic carbocycles. The molecule has 5 nitrogen and oxygen atoms in total. The van der Waals surface area contributed by atoms with Crippen molar-refractivity contribution in [2.45, 2.75) is 33.1 Å². The first-order valence-corrected chi connectivity index (χ1v) is 9.45. The van der Waals surface area contributed by atoms with E-state index < -0.39 is 0 Å². The monoisotopic (exact) mass is 359 g/mol. The van der Waals surface area contributed by atoms with E-state index in [1.54, 1.807) is 0 Å². The molecule has 27 heavy (non-hydrogen) atoms. The molecule has 3 aromatic rings. The standard InChI is InChI=1S/C22H21N3O2/c1-3-17-18(4-2)25-21(23-17)11-15-10-19-20(27-13-26-19)12-16(15)22(24-25)14-8-6-5-7-9-14/h5-10,12H,3-4,11,13H2,1-2H3. The molecule has 0 fully saturated rings. The van der Waals surface area contributed by atoms with Crippen LogP contribution in [0.1, 0.15) is 47.8 Å². The number of ether oxygens (including phenoxy) is 2. The molecule has 0 amide bonds. The Kier molecular flexibility index (Phi) is 3.74. The molecular formula is C22H21N3O2. The number of hydrogen-bond acceptors (Lipinski definition) is 4. The highest BCUT2D eigenvalue weighted by Gasteiger charge is 2.26. The van der Waals surface area contributed by atoms with Crippen molar-refractivity contribution >= 4 is 5.71 Å². The lowest BCUT2D eigenvalue weighted by atomic mass is 9.95. The zero-order valence-corrected chi connectivity index (χ0v) is 15.5. The van der Waals surface area contributed by atoms with Crippen LogP contribution in [-0.2, 0) is 19.3 Å².